The molecule has 2 aliphatic rings. The quantitative estimate of drug-likeness (QED) is 0.496. The van der Waals surface area contributed by atoms with E-state index in [4.69, 9.17) is 8.85 Å². The predicted molar refractivity (Wildman–Crippen MR) is 125 cm³/mol. The van der Waals surface area contributed by atoms with E-state index in [-0.39, 0.29) is 46.7 Å². The standard InChI is InChI=1S/C23H46O4Si2/c1-12-29(13-2,14-3)27-23-19(22(23,8)9)17(15-24)18(25)16(4)20(23)26-28(10,11)21(5,6)7/h16-17,19-20,24H,12-15H2,1-11H3/t16-,17+,19+,20+,23+/m0/s1. The van der Waals surface area contributed by atoms with Crippen molar-refractivity contribution in [2.75, 3.05) is 6.61 Å². The zero-order valence-electron chi connectivity index (χ0n) is 20.8. The molecule has 0 heterocycles. The van der Waals surface area contributed by atoms with Gasteiger partial charge < -0.3 is 14.0 Å². The summed E-state index contributed by atoms with van der Waals surface area (Å²) in [5, 5.41) is 10.2. The lowest BCUT2D eigenvalue weighted by molar-refractivity contribution is -0.143. The van der Waals surface area contributed by atoms with Crippen LogP contribution >= 0.6 is 0 Å². The van der Waals surface area contributed by atoms with E-state index in [1.54, 1.807) is 0 Å². The van der Waals surface area contributed by atoms with E-state index in [1.165, 1.54) is 0 Å². The summed E-state index contributed by atoms with van der Waals surface area (Å²) in [5.74, 6) is -0.397. The third-order valence-electron chi connectivity index (χ3n) is 9.00. The van der Waals surface area contributed by atoms with Gasteiger partial charge in [0, 0.05) is 23.2 Å². The van der Waals surface area contributed by atoms with Crippen LogP contribution < -0.4 is 0 Å². The maximum Gasteiger partial charge on any atom is 0.193 e. The third-order valence-corrected chi connectivity index (χ3v) is 18.1. The van der Waals surface area contributed by atoms with Crippen molar-refractivity contribution in [2.45, 2.75) is 110 Å². The Morgan fingerprint density at radius 1 is 1.07 bits per heavy atom. The molecule has 0 aromatic carbocycles. The molecule has 2 saturated carbocycles. The topological polar surface area (TPSA) is 55.8 Å². The van der Waals surface area contributed by atoms with E-state index >= 15 is 0 Å². The monoisotopic (exact) mass is 442 g/mol. The first-order chi connectivity index (χ1) is 13.1. The smallest absolute Gasteiger partial charge is 0.193 e. The SMILES string of the molecule is CC[Si](CC)(CC)O[C@@]12[C@H](O[Si](C)(C)C(C)(C)C)[C@@H](C)C(=O)[C@@H](CO)[C@@H]1C2(C)C. The highest BCUT2D eigenvalue weighted by atomic mass is 28.4. The number of aliphatic hydroxyl groups is 1. The molecular weight excluding hydrogens is 396 g/mol. The van der Waals surface area contributed by atoms with Crippen LogP contribution in [0, 0.1) is 23.2 Å². The highest BCUT2D eigenvalue weighted by molar-refractivity contribution is 6.74. The fourth-order valence-corrected chi connectivity index (χ4v) is 10.1. The zero-order chi connectivity index (χ0) is 22.6. The molecule has 1 N–H and O–H groups in total. The van der Waals surface area contributed by atoms with Gasteiger partial charge in [-0.3, -0.25) is 4.79 Å². The van der Waals surface area contributed by atoms with Crippen LogP contribution in [0.25, 0.3) is 0 Å². The summed E-state index contributed by atoms with van der Waals surface area (Å²) in [4.78, 5) is 13.3. The van der Waals surface area contributed by atoms with Gasteiger partial charge in [0.2, 0.25) is 0 Å². The van der Waals surface area contributed by atoms with E-state index in [2.05, 4.69) is 68.5 Å². The molecule has 170 valence electrons. The largest absolute Gasteiger partial charge is 0.410 e. The summed E-state index contributed by atoms with van der Waals surface area (Å²) >= 11 is 0. The summed E-state index contributed by atoms with van der Waals surface area (Å²) in [7, 11) is -4.04. The van der Waals surface area contributed by atoms with E-state index in [0.717, 1.165) is 18.1 Å². The van der Waals surface area contributed by atoms with E-state index in [1.807, 2.05) is 6.92 Å². The van der Waals surface area contributed by atoms with Gasteiger partial charge in [0.25, 0.3) is 0 Å². The first-order valence-electron chi connectivity index (χ1n) is 11.6. The number of Topliss-reactive ketones (excluding diaryl/α,β-unsaturated/α-hetero) is 1. The average Bonchev–Trinajstić information content (AvgIpc) is 3.12. The molecule has 2 aliphatic carbocycles. The highest BCUT2D eigenvalue weighted by Crippen LogP contribution is 2.73. The Kier molecular flexibility index (Phi) is 6.82. The molecule has 0 amide bonds. The molecule has 0 aromatic heterocycles. The van der Waals surface area contributed by atoms with Gasteiger partial charge in [-0.25, -0.2) is 0 Å². The predicted octanol–water partition coefficient (Wildman–Crippen LogP) is 5.62. The minimum absolute atomic E-state index is 0.0370. The molecular formula is C23H46O4Si2. The van der Waals surface area contributed by atoms with Crippen LogP contribution in [0.15, 0.2) is 0 Å². The van der Waals surface area contributed by atoms with E-state index < -0.39 is 22.2 Å². The number of fused-ring (bicyclic) bond motifs is 1. The Balaban J connectivity index is 2.61. The number of rotatable bonds is 8. The van der Waals surface area contributed by atoms with Crippen molar-refractivity contribution in [3.63, 3.8) is 0 Å². The Hall–Kier alpha value is -0.0162. The fraction of sp³-hybridized carbons (Fsp3) is 0.957. The molecule has 5 atom stereocenters. The lowest BCUT2D eigenvalue weighted by atomic mass is 9.78. The Morgan fingerprint density at radius 3 is 1.93 bits per heavy atom. The van der Waals surface area contributed by atoms with Gasteiger partial charge in [-0.05, 0) is 36.3 Å². The molecule has 0 unspecified atom stereocenters. The molecule has 29 heavy (non-hydrogen) atoms. The second kappa shape index (κ2) is 7.84. The molecule has 0 radical (unpaired) electrons. The molecule has 0 bridgehead atoms. The van der Waals surface area contributed by atoms with Crippen LogP contribution in [-0.2, 0) is 13.6 Å². The van der Waals surface area contributed by atoms with Gasteiger partial charge in [-0.1, -0.05) is 62.3 Å². The van der Waals surface area contributed by atoms with Crippen molar-refractivity contribution in [1.82, 2.24) is 0 Å². The maximum atomic E-state index is 13.3. The molecule has 4 nitrogen and oxygen atoms in total. The lowest BCUT2D eigenvalue weighted by Gasteiger charge is -2.49. The molecule has 0 spiro atoms. The van der Waals surface area contributed by atoms with Crippen molar-refractivity contribution in [2.24, 2.45) is 23.2 Å². The first kappa shape index (κ1) is 25.2. The normalized spacial score (nSPS) is 34.8. The summed E-state index contributed by atoms with van der Waals surface area (Å²) in [5.41, 5.74) is -0.636. The number of ketones is 1. The molecule has 2 fully saturated rings. The van der Waals surface area contributed by atoms with Gasteiger partial charge in [0.15, 0.2) is 16.6 Å². The van der Waals surface area contributed by atoms with E-state index in [9.17, 15) is 9.90 Å². The first-order valence-corrected chi connectivity index (χ1v) is 17.1. The van der Waals surface area contributed by atoms with Crippen LogP contribution in [0.2, 0.25) is 36.3 Å². The number of hydrogen-bond donors (Lipinski definition) is 1. The molecule has 6 heteroatoms. The highest BCUT2D eigenvalue weighted by Gasteiger charge is 2.83. The number of carbonyl (C=O) groups excluding carboxylic acids is 1. The molecule has 2 rings (SSSR count). The summed E-state index contributed by atoms with van der Waals surface area (Å²) in [6, 6.07) is 3.22. The van der Waals surface area contributed by atoms with E-state index in [0.29, 0.717) is 0 Å². The van der Waals surface area contributed by atoms with Crippen LogP contribution in [-0.4, -0.2) is 45.8 Å². The van der Waals surface area contributed by atoms with Crippen molar-refractivity contribution in [3.8, 4) is 0 Å². The zero-order valence-corrected chi connectivity index (χ0v) is 22.8. The van der Waals surface area contributed by atoms with Gasteiger partial charge in [0.1, 0.15) is 5.78 Å². The number of hydrogen-bond acceptors (Lipinski definition) is 4. The minimum Gasteiger partial charge on any atom is -0.410 e. The summed E-state index contributed by atoms with van der Waals surface area (Å²) in [6.45, 7) is 24.4. The Bertz CT molecular complexity index is 613. The Labute approximate surface area is 181 Å². The van der Waals surface area contributed by atoms with Crippen molar-refractivity contribution in [1.29, 1.82) is 0 Å². The Morgan fingerprint density at radius 2 is 1.55 bits per heavy atom. The maximum absolute atomic E-state index is 13.3. The van der Waals surface area contributed by atoms with Crippen LogP contribution in [0.3, 0.4) is 0 Å². The van der Waals surface area contributed by atoms with Crippen molar-refractivity contribution >= 4 is 22.4 Å². The van der Waals surface area contributed by atoms with Gasteiger partial charge in [-0.2, -0.15) is 0 Å². The fourth-order valence-electron chi connectivity index (χ4n) is 5.62. The second-order valence-electron chi connectivity index (χ2n) is 11.6. The van der Waals surface area contributed by atoms with Crippen molar-refractivity contribution < 1.29 is 18.8 Å². The van der Waals surface area contributed by atoms with Crippen molar-refractivity contribution in [3.05, 3.63) is 0 Å². The third kappa shape index (κ3) is 3.65. The van der Waals surface area contributed by atoms with Gasteiger partial charge in [0.05, 0.1) is 18.3 Å². The van der Waals surface area contributed by atoms with Crippen LogP contribution in [0.4, 0.5) is 0 Å². The number of aliphatic hydroxyl groups excluding tert-OH is 1. The van der Waals surface area contributed by atoms with Gasteiger partial charge >= 0.3 is 0 Å². The second-order valence-corrected chi connectivity index (χ2v) is 21.1. The summed E-state index contributed by atoms with van der Waals surface area (Å²) < 4.78 is 14.3. The molecule has 0 aromatic rings. The minimum atomic E-state index is -2.11. The molecule has 0 saturated heterocycles. The molecule has 0 aliphatic heterocycles. The summed E-state index contributed by atoms with van der Waals surface area (Å²) in [6.07, 6.45) is -0.227. The van der Waals surface area contributed by atoms with Crippen LogP contribution in [0.5, 0.6) is 0 Å². The average molecular weight is 443 g/mol. The number of carbonyl (C=O) groups is 1. The van der Waals surface area contributed by atoms with Crippen LogP contribution in [0.1, 0.15) is 62.3 Å². The van der Waals surface area contributed by atoms with Gasteiger partial charge in [-0.15, -0.1) is 0 Å². The lowest BCUT2D eigenvalue weighted by Crippen LogP contribution is -2.60.